The van der Waals surface area contributed by atoms with Crippen LogP contribution in [-0.2, 0) is 8.85 Å². The van der Waals surface area contributed by atoms with Gasteiger partial charge in [0.1, 0.15) is 11.5 Å². The second-order valence-electron chi connectivity index (χ2n) is 21.2. The van der Waals surface area contributed by atoms with Crippen LogP contribution in [0.1, 0.15) is 234 Å². The fraction of sp³-hybridized carbons (Fsp3) is 0.786. The molecule has 4 nitrogen and oxygen atoms in total. The van der Waals surface area contributed by atoms with E-state index >= 15 is 0 Å². The van der Waals surface area contributed by atoms with E-state index < -0.39 is 16.6 Å². The molecule has 0 spiro atoms. The van der Waals surface area contributed by atoms with Gasteiger partial charge in [-0.3, -0.25) is 0 Å². The molecular formula is C56H102O4Si2. The number of hydrogen-bond donors (Lipinski definition) is 0. The average molecular weight is 896 g/mol. The van der Waals surface area contributed by atoms with E-state index in [2.05, 4.69) is 140 Å². The van der Waals surface area contributed by atoms with E-state index in [0.717, 1.165) is 50.8 Å². The normalized spacial score (nSPS) is 12.7. The highest BCUT2D eigenvalue weighted by atomic mass is 28.4. The lowest BCUT2D eigenvalue weighted by Crippen LogP contribution is -2.47. The van der Waals surface area contributed by atoms with Gasteiger partial charge in [-0.2, -0.15) is 0 Å². The van der Waals surface area contributed by atoms with Crippen molar-refractivity contribution in [1.29, 1.82) is 0 Å². The summed E-state index contributed by atoms with van der Waals surface area (Å²) in [5.74, 6) is 2.25. The molecule has 0 amide bonds. The van der Waals surface area contributed by atoms with Crippen molar-refractivity contribution in [1.82, 2.24) is 0 Å². The molecule has 0 N–H and O–H groups in total. The van der Waals surface area contributed by atoms with E-state index in [1.807, 2.05) is 0 Å². The molecule has 0 fully saturated rings. The first-order valence-corrected chi connectivity index (χ1v) is 30.5. The maximum atomic E-state index is 6.76. The molecule has 2 aromatic carbocycles. The van der Waals surface area contributed by atoms with Crippen LogP contribution in [0.2, 0.25) is 33.2 Å². The summed E-state index contributed by atoms with van der Waals surface area (Å²) in [5.41, 5.74) is 9.04. The highest BCUT2D eigenvalue weighted by Gasteiger charge is 2.45. The van der Waals surface area contributed by atoms with Crippen molar-refractivity contribution in [2.45, 2.75) is 259 Å². The summed E-state index contributed by atoms with van der Waals surface area (Å²) in [4.78, 5) is 0. The van der Waals surface area contributed by atoms with Crippen LogP contribution >= 0.6 is 0 Å². The maximum Gasteiger partial charge on any atom is 0.200 e. The van der Waals surface area contributed by atoms with Crippen molar-refractivity contribution < 1.29 is 18.3 Å². The topological polar surface area (TPSA) is 36.9 Å². The molecule has 6 heteroatoms. The van der Waals surface area contributed by atoms with E-state index in [1.54, 1.807) is 0 Å². The van der Waals surface area contributed by atoms with Crippen molar-refractivity contribution in [3.05, 3.63) is 58.7 Å². The van der Waals surface area contributed by atoms with Crippen molar-refractivity contribution >= 4 is 16.6 Å². The Morgan fingerprint density at radius 3 is 0.839 bits per heavy atom. The van der Waals surface area contributed by atoms with Gasteiger partial charge in [-0.25, -0.2) is 0 Å². The Balaban J connectivity index is 1.68. The van der Waals surface area contributed by atoms with Gasteiger partial charge in [0.25, 0.3) is 0 Å². The van der Waals surface area contributed by atoms with Crippen LogP contribution in [0, 0.1) is 13.8 Å². The minimum atomic E-state index is -1.72. The summed E-state index contributed by atoms with van der Waals surface area (Å²) in [6, 6.07) is 13.5. The molecule has 0 aliphatic heterocycles. The van der Waals surface area contributed by atoms with Crippen LogP contribution in [0.5, 0.6) is 11.5 Å². The summed E-state index contributed by atoms with van der Waals surface area (Å²) in [6.45, 7) is 38.8. The van der Waals surface area contributed by atoms with Gasteiger partial charge in [-0.15, -0.1) is 0 Å². The third-order valence-electron chi connectivity index (χ3n) is 14.5. The standard InChI is InChI=1S/C56H102O4Si2/c1-44(2)61(45(3)4,46(5)6)59-40-32-28-24-20-16-18-22-26-30-38-57-55-42-50(13)34-36-53(55)52(15)54-37-35-51(14)43-56(54)58-39-31-27-23-19-17-21-25-29-33-41-60-62(47(7)8,48(9)10)49(11)12/h34-37,42-49,52H,16-33,38-41H2,1-15H3. The van der Waals surface area contributed by atoms with Gasteiger partial charge >= 0.3 is 0 Å². The van der Waals surface area contributed by atoms with Crippen molar-refractivity contribution in [3.8, 4) is 11.5 Å². The minimum absolute atomic E-state index is 0.190. The molecule has 358 valence electrons. The van der Waals surface area contributed by atoms with Gasteiger partial charge in [0.15, 0.2) is 16.6 Å². The van der Waals surface area contributed by atoms with Gasteiger partial charge in [-0.1, -0.05) is 204 Å². The van der Waals surface area contributed by atoms with Crippen LogP contribution < -0.4 is 9.47 Å². The number of benzene rings is 2. The zero-order valence-corrected chi connectivity index (χ0v) is 45.7. The molecule has 62 heavy (non-hydrogen) atoms. The van der Waals surface area contributed by atoms with Crippen LogP contribution in [0.3, 0.4) is 0 Å². The summed E-state index contributed by atoms with van der Waals surface area (Å²) in [5, 5.41) is 0. The quantitative estimate of drug-likeness (QED) is 0.0504. The van der Waals surface area contributed by atoms with E-state index in [-0.39, 0.29) is 5.92 Å². The molecule has 0 saturated carbocycles. The van der Waals surface area contributed by atoms with Crippen LogP contribution in [0.25, 0.3) is 0 Å². The average Bonchev–Trinajstić information content (AvgIpc) is 3.20. The Hall–Kier alpha value is -1.61. The zero-order chi connectivity index (χ0) is 46.1. The SMILES string of the molecule is Cc1ccc(C(C)c2ccc(C)cc2OCCCCCCCCCCCO[Si](C(C)C)(C(C)C)C(C)C)c(OCCCCCCCCCCCO[Si](C(C)C)(C(C)C)C(C)C)c1. The van der Waals surface area contributed by atoms with Gasteiger partial charge in [0, 0.05) is 30.3 Å². The molecule has 0 unspecified atom stereocenters. The molecule has 2 rings (SSSR count). The van der Waals surface area contributed by atoms with Crippen molar-refractivity contribution in [3.63, 3.8) is 0 Å². The van der Waals surface area contributed by atoms with E-state index in [4.69, 9.17) is 18.3 Å². The predicted octanol–water partition coefficient (Wildman–Crippen LogP) is 18.6. The highest BCUT2D eigenvalue weighted by molar-refractivity contribution is 6.78. The second-order valence-corrected chi connectivity index (χ2v) is 32.1. The lowest BCUT2D eigenvalue weighted by atomic mass is 9.90. The first-order chi connectivity index (χ1) is 29.5. The molecule has 0 atom stereocenters. The Morgan fingerprint density at radius 1 is 0.339 bits per heavy atom. The third kappa shape index (κ3) is 18.3. The monoisotopic (exact) mass is 895 g/mol. The molecule has 0 aromatic heterocycles. The van der Waals surface area contributed by atoms with E-state index in [9.17, 15) is 0 Å². The molecule has 0 aliphatic carbocycles. The maximum absolute atomic E-state index is 6.76. The van der Waals surface area contributed by atoms with Crippen LogP contribution in [0.4, 0.5) is 0 Å². The van der Waals surface area contributed by atoms with E-state index in [1.165, 1.54) is 125 Å². The number of aryl methyl sites for hydroxylation is 2. The first-order valence-electron chi connectivity index (χ1n) is 26.3. The van der Waals surface area contributed by atoms with Crippen LogP contribution in [0.15, 0.2) is 36.4 Å². The lowest BCUT2D eigenvalue weighted by Gasteiger charge is -2.42. The molecule has 2 aromatic rings. The summed E-state index contributed by atoms with van der Waals surface area (Å²) < 4.78 is 26.6. The molecular weight excluding hydrogens is 793 g/mol. The van der Waals surface area contributed by atoms with E-state index in [0.29, 0.717) is 33.2 Å². The largest absolute Gasteiger partial charge is 0.493 e. The van der Waals surface area contributed by atoms with Crippen molar-refractivity contribution in [2.24, 2.45) is 0 Å². The summed E-state index contributed by atoms with van der Waals surface area (Å²) >= 11 is 0. The first kappa shape index (κ1) is 56.5. The van der Waals surface area contributed by atoms with Crippen molar-refractivity contribution in [2.75, 3.05) is 26.4 Å². The Kier molecular flexibility index (Phi) is 27.9. The zero-order valence-electron chi connectivity index (χ0n) is 43.7. The molecule has 0 saturated heterocycles. The molecule has 0 bridgehead atoms. The Bertz CT molecular complexity index is 1300. The Morgan fingerprint density at radius 2 is 0.581 bits per heavy atom. The molecule has 0 heterocycles. The number of ether oxygens (including phenoxy) is 2. The fourth-order valence-corrected chi connectivity index (χ4v) is 22.2. The number of unbranched alkanes of at least 4 members (excludes halogenated alkanes) is 16. The highest BCUT2D eigenvalue weighted by Crippen LogP contribution is 2.44. The second kappa shape index (κ2) is 30.6. The summed E-state index contributed by atoms with van der Waals surface area (Å²) in [7, 11) is -3.43. The van der Waals surface area contributed by atoms with Gasteiger partial charge < -0.3 is 18.3 Å². The minimum Gasteiger partial charge on any atom is -0.493 e. The Labute approximate surface area is 388 Å². The van der Waals surface area contributed by atoms with Gasteiger partial charge in [0.2, 0.25) is 0 Å². The lowest BCUT2D eigenvalue weighted by molar-refractivity contribution is 0.267. The number of rotatable bonds is 36. The fourth-order valence-electron chi connectivity index (χ4n) is 11.2. The van der Waals surface area contributed by atoms with Gasteiger partial charge in [0.05, 0.1) is 13.2 Å². The van der Waals surface area contributed by atoms with Crippen LogP contribution in [-0.4, -0.2) is 43.1 Å². The third-order valence-corrected chi connectivity index (χ3v) is 26.7. The molecule has 0 aliphatic rings. The summed E-state index contributed by atoms with van der Waals surface area (Å²) in [6.07, 6.45) is 23.0. The smallest absolute Gasteiger partial charge is 0.200 e. The molecule has 0 radical (unpaired) electrons. The van der Waals surface area contributed by atoms with Gasteiger partial charge in [-0.05, 0) is 96.0 Å². The predicted molar refractivity (Wildman–Crippen MR) is 278 cm³/mol. The number of hydrogen-bond acceptors (Lipinski definition) is 4.